The van der Waals surface area contributed by atoms with Gasteiger partial charge in [-0.2, -0.15) is 0 Å². The molecule has 0 aromatic heterocycles. The molecule has 0 spiro atoms. The molecule has 0 atom stereocenters. The zero-order valence-electron chi connectivity index (χ0n) is 11.8. The van der Waals surface area contributed by atoms with Crippen molar-refractivity contribution in [2.75, 3.05) is 32.9 Å². The summed E-state index contributed by atoms with van der Waals surface area (Å²) in [7, 11) is 0. The van der Waals surface area contributed by atoms with Gasteiger partial charge < -0.3 is 20.5 Å². The minimum absolute atomic E-state index is 0.144. The van der Waals surface area contributed by atoms with Crippen LogP contribution in [-0.4, -0.2) is 43.7 Å². The number of amides is 1. The van der Waals surface area contributed by atoms with E-state index in [0.717, 1.165) is 0 Å². The van der Waals surface area contributed by atoms with Gasteiger partial charge in [0.15, 0.2) is 5.75 Å². The molecular formula is C13H19N3O5. The quantitative estimate of drug-likeness (QED) is 0.393. The first-order chi connectivity index (χ1) is 10.1. The summed E-state index contributed by atoms with van der Waals surface area (Å²) in [5, 5.41) is 13.6. The van der Waals surface area contributed by atoms with Crippen LogP contribution in [0.15, 0.2) is 18.2 Å². The molecule has 8 nitrogen and oxygen atoms in total. The molecule has 0 heterocycles. The summed E-state index contributed by atoms with van der Waals surface area (Å²) in [6.07, 6.45) is 0. The van der Waals surface area contributed by atoms with Gasteiger partial charge in [0.2, 0.25) is 0 Å². The van der Waals surface area contributed by atoms with E-state index < -0.39 is 10.8 Å². The zero-order chi connectivity index (χ0) is 15.7. The lowest BCUT2D eigenvalue weighted by Crippen LogP contribution is -2.28. The fourth-order valence-corrected chi connectivity index (χ4v) is 1.60. The number of hydrogen-bond acceptors (Lipinski definition) is 6. The number of carbonyl (C=O) groups is 1. The second kappa shape index (κ2) is 8.88. The molecule has 0 bridgehead atoms. The lowest BCUT2D eigenvalue weighted by molar-refractivity contribution is -0.385. The molecule has 1 aromatic carbocycles. The summed E-state index contributed by atoms with van der Waals surface area (Å²) in [6, 6.07) is 4.09. The second-order valence-electron chi connectivity index (χ2n) is 4.03. The molecule has 21 heavy (non-hydrogen) atoms. The molecule has 3 N–H and O–H groups in total. The van der Waals surface area contributed by atoms with Crippen LogP contribution in [0.25, 0.3) is 0 Å². The Balaban J connectivity index is 2.67. The molecule has 0 fully saturated rings. The summed E-state index contributed by atoms with van der Waals surface area (Å²) in [5.74, 6) is -0.261. The van der Waals surface area contributed by atoms with Gasteiger partial charge in [0, 0.05) is 24.7 Å². The number of rotatable bonds is 9. The van der Waals surface area contributed by atoms with E-state index in [0.29, 0.717) is 32.9 Å². The molecule has 0 saturated carbocycles. The molecule has 1 rings (SSSR count). The first kappa shape index (κ1) is 16.9. The Morgan fingerprint density at radius 2 is 2.19 bits per heavy atom. The Hall–Kier alpha value is -2.19. The Kier molecular flexibility index (Phi) is 7.13. The second-order valence-corrected chi connectivity index (χ2v) is 4.03. The number of ether oxygens (including phenoxy) is 2. The summed E-state index contributed by atoms with van der Waals surface area (Å²) in [5.41, 5.74) is 5.22. The van der Waals surface area contributed by atoms with Crippen molar-refractivity contribution in [2.45, 2.75) is 6.92 Å². The van der Waals surface area contributed by atoms with Gasteiger partial charge >= 0.3 is 5.69 Å². The predicted molar refractivity (Wildman–Crippen MR) is 76.5 cm³/mol. The molecule has 0 radical (unpaired) electrons. The molecular weight excluding hydrogens is 278 g/mol. The Morgan fingerprint density at radius 3 is 2.81 bits per heavy atom. The van der Waals surface area contributed by atoms with Crippen molar-refractivity contribution in [3.05, 3.63) is 33.9 Å². The number of nitrogens with one attached hydrogen (secondary N) is 1. The maximum atomic E-state index is 11.9. The van der Waals surface area contributed by atoms with Crippen molar-refractivity contribution in [1.29, 1.82) is 0 Å². The minimum Gasteiger partial charge on any atom is -0.487 e. The Labute approximate surface area is 122 Å². The third kappa shape index (κ3) is 5.36. The van der Waals surface area contributed by atoms with Gasteiger partial charge in [-0.1, -0.05) is 0 Å². The molecule has 116 valence electrons. The molecule has 1 amide bonds. The van der Waals surface area contributed by atoms with Crippen LogP contribution in [0.4, 0.5) is 5.69 Å². The van der Waals surface area contributed by atoms with Crippen molar-refractivity contribution >= 4 is 11.6 Å². The standard InChI is InChI=1S/C13H19N3O5/c1-2-21-12-4-3-10(9-11(12)16(18)19)13(17)15-6-8-20-7-5-14/h3-4,9H,2,5-8,14H2,1H3,(H,15,17). The summed E-state index contributed by atoms with van der Waals surface area (Å²) < 4.78 is 10.3. The number of hydrogen-bond donors (Lipinski definition) is 2. The van der Waals surface area contributed by atoms with Crippen LogP contribution in [0.5, 0.6) is 5.75 Å². The van der Waals surface area contributed by atoms with Crippen LogP contribution in [0, 0.1) is 10.1 Å². The Bertz CT molecular complexity index is 493. The predicted octanol–water partition coefficient (Wildman–Crippen LogP) is 0.699. The summed E-state index contributed by atoms with van der Waals surface area (Å²) in [6.45, 7) is 3.52. The van der Waals surface area contributed by atoms with Crippen molar-refractivity contribution in [3.8, 4) is 5.75 Å². The number of nitro benzene ring substituents is 1. The largest absolute Gasteiger partial charge is 0.487 e. The summed E-state index contributed by atoms with van der Waals surface area (Å²) in [4.78, 5) is 22.3. The van der Waals surface area contributed by atoms with Crippen molar-refractivity contribution in [3.63, 3.8) is 0 Å². The van der Waals surface area contributed by atoms with E-state index in [-0.39, 0.29) is 17.0 Å². The van der Waals surface area contributed by atoms with E-state index in [2.05, 4.69) is 5.32 Å². The highest BCUT2D eigenvalue weighted by Crippen LogP contribution is 2.27. The van der Waals surface area contributed by atoms with E-state index in [1.807, 2.05) is 0 Å². The van der Waals surface area contributed by atoms with Gasteiger partial charge in [0.05, 0.1) is 24.7 Å². The van der Waals surface area contributed by atoms with E-state index in [1.54, 1.807) is 6.92 Å². The maximum Gasteiger partial charge on any atom is 0.311 e. The lowest BCUT2D eigenvalue weighted by atomic mass is 10.1. The normalized spacial score (nSPS) is 10.2. The van der Waals surface area contributed by atoms with E-state index in [1.165, 1.54) is 18.2 Å². The first-order valence-electron chi connectivity index (χ1n) is 6.57. The van der Waals surface area contributed by atoms with Gasteiger partial charge in [-0.3, -0.25) is 14.9 Å². The van der Waals surface area contributed by atoms with E-state index in [4.69, 9.17) is 15.2 Å². The lowest BCUT2D eigenvalue weighted by Gasteiger charge is -2.08. The van der Waals surface area contributed by atoms with Gasteiger partial charge in [0.1, 0.15) is 0 Å². The minimum atomic E-state index is -0.577. The summed E-state index contributed by atoms with van der Waals surface area (Å²) >= 11 is 0. The fraction of sp³-hybridized carbons (Fsp3) is 0.462. The monoisotopic (exact) mass is 297 g/mol. The number of nitro groups is 1. The fourth-order valence-electron chi connectivity index (χ4n) is 1.60. The van der Waals surface area contributed by atoms with Crippen LogP contribution in [0.2, 0.25) is 0 Å². The van der Waals surface area contributed by atoms with E-state index in [9.17, 15) is 14.9 Å². The van der Waals surface area contributed by atoms with Gasteiger partial charge in [-0.05, 0) is 19.1 Å². The van der Waals surface area contributed by atoms with E-state index >= 15 is 0 Å². The van der Waals surface area contributed by atoms with Crippen LogP contribution < -0.4 is 15.8 Å². The molecule has 1 aromatic rings. The van der Waals surface area contributed by atoms with Crippen LogP contribution >= 0.6 is 0 Å². The van der Waals surface area contributed by atoms with Crippen LogP contribution in [-0.2, 0) is 4.74 Å². The third-order valence-corrected chi connectivity index (χ3v) is 2.51. The number of nitrogens with zero attached hydrogens (tertiary/aromatic N) is 1. The molecule has 8 heteroatoms. The van der Waals surface area contributed by atoms with Gasteiger partial charge in [-0.15, -0.1) is 0 Å². The third-order valence-electron chi connectivity index (χ3n) is 2.51. The molecule has 0 saturated heterocycles. The average Bonchev–Trinajstić information content (AvgIpc) is 2.47. The van der Waals surface area contributed by atoms with Crippen molar-refractivity contribution < 1.29 is 19.2 Å². The highest BCUT2D eigenvalue weighted by Gasteiger charge is 2.18. The highest BCUT2D eigenvalue weighted by atomic mass is 16.6. The Morgan fingerprint density at radius 1 is 1.43 bits per heavy atom. The molecule has 0 aliphatic heterocycles. The SMILES string of the molecule is CCOc1ccc(C(=O)NCCOCCN)cc1[N+](=O)[O-]. The average molecular weight is 297 g/mol. The van der Waals surface area contributed by atoms with Crippen LogP contribution in [0.1, 0.15) is 17.3 Å². The van der Waals surface area contributed by atoms with Crippen molar-refractivity contribution in [2.24, 2.45) is 5.73 Å². The number of benzene rings is 1. The zero-order valence-corrected chi connectivity index (χ0v) is 11.8. The number of carbonyl (C=O) groups excluding carboxylic acids is 1. The van der Waals surface area contributed by atoms with Gasteiger partial charge in [-0.25, -0.2) is 0 Å². The van der Waals surface area contributed by atoms with Crippen LogP contribution in [0.3, 0.4) is 0 Å². The van der Waals surface area contributed by atoms with Crippen molar-refractivity contribution in [1.82, 2.24) is 5.32 Å². The smallest absolute Gasteiger partial charge is 0.311 e. The topological polar surface area (TPSA) is 117 Å². The highest BCUT2D eigenvalue weighted by molar-refractivity contribution is 5.95. The number of nitrogens with two attached hydrogens (primary N) is 1. The first-order valence-corrected chi connectivity index (χ1v) is 6.57. The maximum absolute atomic E-state index is 11.9. The van der Waals surface area contributed by atoms with Gasteiger partial charge in [0.25, 0.3) is 5.91 Å². The molecule has 0 aliphatic rings. The molecule has 0 aliphatic carbocycles. The molecule has 0 unspecified atom stereocenters.